The summed E-state index contributed by atoms with van der Waals surface area (Å²) in [5.41, 5.74) is 0. The maximum atomic E-state index is 4.01. The van der Waals surface area contributed by atoms with Crippen LogP contribution in [-0.2, 0) is 0 Å². The Morgan fingerprint density at radius 2 is 1.70 bits per heavy atom. The van der Waals surface area contributed by atoms with Gasteiger partial charge >= 0.3 is 0 Å². The Bertz CT molecular complexity index is 111. The van der Waals surface area contributed by atoms with E-state index in [0.29, 0.717) is 0 Å². The van der Waals surface area contributed by atoms with Crippen LogP contribution in [0.1, 0.15) is 0 Å². The highest BCUT2D eigenvalue weighted by molar-refractivity contribution is 7.04. The van der Waals surface area contributed by atoms with Crippen molar-refractivity contribution in [2.75, 3.05) is 27.2 Å². The maximum Gasteiger partial charge on any atom is 0.161 e. The minimum atomic E-state index is 0. The summed E-state index contributed by atoms with van der Waals surface area (Å²) in [5.74, 6) is 0. The first-order valence-corrected chi connectivity index (χ1v) is 3.47. The molecule has 0 atom stereocenters. The minimum absolute atomic E-state index is 0. The minimum Gasteiger partial charge on any atom is -0.412 e. The number of rotatable bonds is 1. The van der Waals surface area contributed by atoms with Crippen LogP contribution in [0.15, 0.2) is 4.74 Å². The van der Waals surface area contributed by atoms with Crippen molar-refractivity contribution >= 4 is 9.03 Å². The van der Waals surface area contributed by atoms with Gasteiger partial charge in [-0.05, 0) is 23.1 Å². The van der Waals surface area contributed by atoms with Gasteiger partial charge in [-0.3, -0.25) is 9.80 Å². The average molecular weight is 163 g/mol. The summed E-state index contributed by atoms with van der Waals surface area (Å²) < 4.78 is 4.01. The van der Waals surface area contributed by atoms with Gasteiger partial charge in [0.05, 0.1) is 0 Å². The molecule has 0 aliphatic carbocycles. The van der Waals surface area contributed by atoms with E-state index < -0.39 is 0 Å². The molecule has 0 aromatic carbocycles. The van der Waals surface area contributed by atoms with E-state index in [9.17, 15) is 0 Å². The molecule has 1 saturated heterocycles. The maximum absolute atomic E-state index is 4.01. The Hall–Kier alpha value is -0.0200. The normalized spacial score (nSPS) is 22.6. The second-order valence-electron chi connectivity index (χ2n) is 2.44. The molecular formula is C5H14N3OP. The van der Waals surface area contributed by atoms with Gasteiger partial charge in [0.15, 0.2) is 6.29 Å². The molecule has 5 heteroatoms. The molecule has 0 aromatic heterocycles. The standard InChI is InChI=1S/C5H12N3P.H2O/c1-7-3-4-8(2)5(7)6-9;/h5,9H,3-4H2,1-2H3;1H2. The van der Waals surface area contributed by atoms with Crippen molar-refractivity contribution in [2.45, 2.75) is 6.29 Å². The van der Waals surface area contributed by atoms with Crippen molar-refractivity contribution in [3.05, 3.63) is 0 Å². The number of nitrogens with zero attached hydrogens (tertiary/aromatic N) is 3. The van der Waals surface area contributed by atoms with Gasteiger partial charge in [-0.1, -0.05) is 0 Å². The van der Waals surface area contributed by atoms with Gasteiger partial charge in [-0.2, -0.15) is 0 Å². The van der Waals surface area contributed by atoms with Crippen molar-refractivity contribution in [1.29, 1.82) is 0 Å². The molecule has 0 spiro atoms. The lowest BCUT2D eigenvalue weighted by Gasteiger charge is -2.18. The van der Waals surface area contributed by atoms with E-state index >= 15 is 0 Å². The summed E-state index contributed by atoms with van der Waals surface area (Å²) in [6.45, 7) is 2.21. The van der Waals surface area contributed by atoms with Crippen molar-refractivity contribution in [3.63, 3.8) is 0 Å². The highest BCUT2D eigenvalue weighted by Crippen LogP contribution is 2.10. The molecule has 1 fully saturated rings. The number of hydrogen-bond donors (Lipinski definition) is 0. The SMILES string of the molecule is CN1CCN(C)C1N=P.O. The van der Waals surface area contributed by atoms with E-state index in [-0.39, 0.29) is 11.8 Å². The molecule has 2 N–H and O–H groups in total. The van der Waals surface area contributed by atoms with Gasteiger partial charge in [0, 0.05) is 13.1 Å². The summed E-state index contributed by atoms with van der Waals surface area (Å²) in [5, 5.41) is 0. The Morgan fingerprint density at radius 1 is 1.30 bits per heavy atom. The molecular weight excluding hydrogens is 149 g/mol. The van der Waals surface area contributed by atoms with Gasteiger partial charge in [-0.15, -0.1) is 0 Å². The molecule has 0 amide bonds. The van der Waals surface area contributed by atoms with Gasteiger partial charge in [0.25, 0.3) is 0 Å². The van der Waals surface area contributed by atoms with Crippen molar-refractivity contribution in [2.24, 2.45) is 4.74 Å². The molecule has 1 aliphatic heterocycles. The largest absolute Gasteiger partial charge is 0.412 e. The molecule has 0 saturated carbocycles. The zero-order valence-corrected chi connectivity index (χ0v) is 7.33. The fourth-order valence-electron chi connectivity index (χ4n) is 1.08. The fraction of sp³-hybridized carbons (Fsp3) is 1.00. The van der Waals surface area contributed by atoms with E-state index in [1.54, 1.807) is 0 Å². The van der Waals surface area contributed by atoms with E-state index in [2.05, 4.69) is 37.7 Å². The highest BCUT2D eigenvalue weighted by atomic mass is 31.0. The first-order chi connectivity index (χ1) is 4.25. The van der Waals surface area contributed by atoms with Crippen LogP contribution in [0.4, 0.5) is 0 Å². The van der Waals surface area contributed by atoms with Crippen LogP contribution in [0.25, 0.3) is 0 Å². The summed E-state index contributed by atoms with van der Waals surface area (Å²) in [4.78, 5) is 4.38. The van der Waals surface area contributed by atoms with Crippen LogP contribution in [0.5, 0.6) is 0 Å². The topological polar surface area (TPSA) is 50.3 Å². The van der Waals surface area contributed by atoms with Gasteiger partial charge in [-0.25, -0.2) is 4.74 Å². The summed E-state index contributed by atoms with van der Waals surface area (Å²) >= 11 is 0. The monoisotopic (exact) mass is 163 g/mol. The molecule has 1 aliphatic rings. The van der Waals surface area contributed by atoms with Crippen molar-refractivity contribution in [1.82, 2.24) is 9.80 Å². The predicted molar refractivity (Wildman–Crippen MR) is 43.4 cm³/mol. The lowest BCUT2D eigenvalue weighted by atomic mass is 10.6. The summed E-state index contributed by atoms with van der Waals surface area (Å²) in [6, 6.07) is 0. The van der Waals surface area contributed by atoms with Crippen molar-refractivity contribution < 1.29 is 5.48 Å². The second kappa shape index (κ2) is 3.98. The van der Waals surface area contributed by atoms with Crippen LogP contribution >= 0.6 is 9.03 Å². The Morgan fingerprint density at radius 3 is 1.90 bits per heavy atom. The molecule has 4 nitrogen and oxygen atoms in total. The quantitative estimate of drug-likeness (QED) is 0.496. The molecule has 10 heavy (non-hydrogen) atoms. The lowest BCUT2D eigenvalue weighted by Crippen LogP contribution is -2.31. The third kappa shape index (κ3) is 1.73. The van der Waals surface area contributed by atoms with Crippen LogP contribution in [0.2, 0.25) is 0 Å². The first kappa shape index (κ1) is 9.98. The predicted octanol–water partition coefficient (Wildman–Crippen LogP) is -0.351. The molecule has 60 valence electrons. The van der Waals surface area contributed by atoms with E-state index in [1.807, 2.05) is 0 Å². The number of hydrogen-bond acceptors (Lipinski definition) is 3. The Labute approximate surface area is 63.4 Å². The van der Waals surface area contributed by atoms with Gasteiger partial charge < -0.3 is 5.48 Å². The Balaban J connectivity index is 0.000000810. The molecule has 0 bridgehead atoms. The van der Waals surface area contributed by atoms with Crippen LogP contribution in [0.3, 0.4) is 0 Å². The average Bonchev–Trinajstić information content (AvgIpc) is 2.12. The molecule has 0 aromatic rings. The zero-order chi connectivity index (χ0) is 6.85. The molecule has 1 rings (SSSR count). The van der Waals surface area contributed by atoms with Gasteiger partial charge in [0.2, 0.25) is 0 Å². The number of likely N-dealkylation sites (N-methyl/N-ethyl adjacent to an activating group) is 2. The third-order valence-corrected chi connectivity index (χ3v) is 1.94. The molecule has 0 unspecified atom stereocenters. The fourth-order valence-corrected chi connectivity index (χ4v) is 1.47. The summed E-state index contributed by atoms with van der Waals surface area (Å²) in [6.07, 6.45) is 0.238. The molecule has 0 radical (unpaired) electrons. The zero-order valence-electron chi connectivity index (χ0n) is 6.33. The Kier molecular flexibility index (Phi) is 3.98. The smallest absolute Gasteiger partial charge is 0.161 e. The van der Waals surface area contributed by atoms with Crippen LogP contribution in [-0.4, -0.2) is 48.8 Å². The van der Waals surface area contributed by atoms with E-state index in [0.717, 1.165) is 13.1 Å². The van der Waals surface area contributed by atoms with Gasteiger partial charge in [0.1, 0.15) is 0 Å². The van der Waals surface area contributed by atoms with Crippen LogP contribution < -0.4 is 0 Å². The lowest BCUT2D eigenvalue weighted by molar-refractivity contribution is 0.200. The highest BCUT2D eigenvalue weighted by Gasteiger charge is 2.23. The van der Waals surface area contributed by atoms with E-state index in [4.69, 9.17) is 0 Å². The third-order valence-electron chi connectivity index (χ3n) is 1.71. The van der Waals surface area contributed by atoms with E-state index in [1.165, 1.54) is 0 Å². The van der Waals surface area contributed by atoms with Crippen molar-refractivity contribution in [3.8, 4) is 0 Å². The second-order valence-corrected chi connectivity index (χ2v) is 2.69. The summed E-state index contributed by atoms with van der Waals surface area (Å²) in [7, 11) is 7.28. The first-order valence-electron chi connectivity index (χ1n) is 3.03. The molecule has 1 heterocycles. The van der Waals surface area contributed by atoms with Crippen LogP contribution in [0, 0.1) is 0 Å².